The summed E-state index contributed by atoms with van der Waals surface area (Å²) in [5.41, 5.74) is 0.0893. The first-order valence-corrected chi connectivity index (χ1v) is 5.78. The zero-order valence-electron chi connectivity index (χ0n) is 10.1. The normalized spacial score (nSPS) is 10.8. The fraction of sp³-hybridized carbons (Fsp3) is 0. The first-order chi connectivity index (χ1) is 9.59. The lowest BCUT2D eigenvalue weighted by Crippen LogP contribution is -1.97. The molecule has 0 spiro atoms. The molecule has 0 saturated carbocycles. The molecule has 0 aliphatic heterocycles. The van der Waals surface area contributed by atoms with E-state index in [2.05, 4.69) is 4.98 Å². The van der Waals surface area contributed by atoms with Gasteiger partial charge in [0.1, 0.15) is 5.82 Å². The molecule has 2 N–H and O–H groups in total. The van der Waals surface area contributed by atoms with E-state index in [0.29, 0.717) is 0 Å². The number of aromatic carboxylic acids is 1. The number of aromatic nitrogens is 2. The predicted octanol–water partition coefficient (Wildman–Crippen LogP) is 2.54. The van der Waals surface area contributed by atoms with Gasteiger partial charge in [0.25, 0.3) is 0 Å². The summed E-state index contributed by atoms with van der Waals surface area (Å²) >= 11 is 0. The predicted molar refractivity (Wildman–Crippen MR) is 69.2 cm³/mol. The summed E-state index contributed by atoms with van der Waals surface area (Å²) in [6.07, 6.45) is 0. The molecule has 0 aliphatic carbocycles. The van der Waals surface area contributed by atoms with Gasteiger partial charge in [-0.25, -0.2) is 14.2 Å². The molecule has 20 heavy (non-hydrogen) atoms. The van der Waals surface area contributed by atoms with Gasteiger partial charge in [-0.2, -0.15) is 0 Å². The lowest BCUT2D eigenvalue weighted by molar-refractivity contribution is 0.0693. The SMILES string of the molecule is O=C(O)c1nc(-c2ccccc2F)n2c(O)cccc12. The highest BCUT2D eigenvalue weighted by Crippen LogP contribution is 2.28. The topological polar surface area (TPSA) is 74.8 Å². The van der Waals surface area contributed by atoms with Crippen molar-refractivity contribution < 1.29 is 19.4 Å². The van der Waals surface area contributed by atoms with Gasteiger partial charge in [0.15, 0.2) is 17.4 Å². The number of carboxylic acids is 1. The Bertz CT molecular complexity index is 826. The van der Waals surface area contributed by atoms with Crippen LogP contribution in [0.2, 0.25) is 0 Å². The van der Waals surface area contributed by atoms with Crippen molar-refractivity contribution in [3.8, 4) is 17.3 Å². The van der Waals surface area contributed by atoms with Crippen molar-refractivity contribution in [1.82, 2.24) is 9.38 Å². The second-order valence-corrected chi connectivity index (χ2v) is 4.17. The Hall–Kier alpha value is -2.89. The van der Waals surface area contributed by atoms with Gasteiger partial charge in [-0.05, 0) is 24.3 Å². The quantitative estimate of drug-likeness (QED) is 0.751. The summed E-state index contributed by atoms with van der Waals surface area (Å²) in [5.74, 6) is -1.94. The first-order valence-electron chi connectivity index (χ1n) is 5.78. The van der Waals surface area contributed by atoms with E-state index in [0.717, 1.165) is 0 Å². The molecule has 0 bridgehead atoms. The molecule has 0 amide bonds. The van der Waals surface area contributed by atoms with E-state index < -0.39 is 11.8 Å². The second-order valence-electron chi connectivity index (χ2n) is 4.17. The van der Waals surface area contributed by atoms with Gasteiger partial charge in [0.05, 0.1) is 11.1 Å². The number of aromatic hydroxyl groups is 1. The Labute approximate surface area is 112 Å². The molecule has 0 saturated heterocycles. The summed E-state index contributed by atoms with van der Waals surface area (Å²) in [7, 11) is 0. The van der Waals surface area contributed by atoms with Crippen molar-refractivity contribution in [1.29, 1.82) is 0 Å². The van der Waals surface area contributed by atoms with Crippen molar-refractivity contribution in [3.05, 3.63) is 54.0 Å². The average Bonchev–Trinajstić information content (AvgIpc) is 2.80. The minimum Gasteiger partial charge on any atom is -0.494 e. The molecule has 5 nitrogen and oxygen atoms in total. The van der Waals surface area contributed by atoms with Gasteiger partial charge in [0.2, 0.25) is 0 Å². The molecule has 0 atom stereocenters. The Balaban J connectivity index is 2.43. The van der Waals surface area contributed by atoms with Crippen LogP contribution in [0.3, 0.4) is 0 Å². The van der Waals surface area contributed by atoms with Crippen LogP contribution in [0.1, 0.15) is 10.5 Å². The Morgan fingerprint density at radius 1 is 1.15 bits per heavy atom. The molecule has 1 aromatic carbocycles. The number of benzene rings is 1. The number of nitrogens with zero attached hydrogens (tertiary/aromatic N) is 2. The second kappa shape index (κ2) is 4.34. The minimum absolute atomic E-state index is 0.0496. The smallest absolute Gasteiger partial charge is 0.356 e. The van der Waals surface area contributed by atoms with E-state index in [1.54, 1.807) is 6.07 Å². The molecule has 0 unspecified atom stereocenters. The van der Waals surface area contributed by atoms with Crippen LogP contribution in [0.25, 0.3) is 16.9 Å². The molecular formula is C14H9FN2O3. The zero-order chi connectivity index (χ0) is 14.3. The third kappa shape index (κ3) is 1.70. The van der Waals surface area contributed by atoms with Gasteiger partial charge in [-0.1, -0.05) is 18.2 Å². The summed E-state index contributed by atoms with van der Waals surface area (Å²) in [4.78, 5) is 15.1. The number of fused-ring (bicyclic) bond motifs is 1. The standard InChI is InChI=1S/C14H9FN2O3/c15-9-5-2-1-4-8(9)13-16-12(14(19)20)10-6-3-7-11(18)17(10)13/h1-7,18H,(H,19,20). The van der Waals surface area contributed by atoms with E-state index in [-0.39, 0.29) is 28.5 Å². The van der Waals surface area contributed by atoms with Crippen molar-refractivity contribution >= 4 is 11.5 Å². The molecule has 2 heterocycles. The van der Waals surface area contributed by atoms with Gasteiger partial charge in [-0.15, -0.1) is 0 Å². The summed E-state index contributed by atoms with van der Waals surface area (Å²) < 4.78 is 15.1. The highest BCUT2D eigenvalue weighted by Gasteiger charge is 2.20. The highest BCUT2D eigenvalue weighted by atomic mass is 19.1. The van der Waals surface area contributed by atoms with Crippen LogP contribution < -0.4 is 0 Å². The van der Waals surface area contributed by atoms with Gasteiger partial charge in [0, 0.05) is 0 Å². The van der Waals surface area contributed by atoms with E-state index in [9.17, 15) is 14.3 Å². The van der Waals surface area contributed by atoms with Crippen molar-refractivity contribution in [3.63, 3.8) is 0 Å². The molecule has 0 aliphatic rings. The maximum Gasteiger partial charge on any atom is 0.356 e. The van der Waals surface area contributed by atoms with Crippen LogP contribution >= 0.6 is 0 Å². The van der Waals surface area contributed by atoms with E-state index >= 15 is 0 Å². The molecule has 100 valence electrons. The van der Waals surface area contributed by atoms with Crippen LogP contribution in [0.15, 0.2) is 42.5 Å². The molecule has 0 fully saturated rings. The van der Waals surface area contributed by atoms with Crippen molar-refractivity contribution in [2.75, 3.05) is 0 Å². The zero-order valence-corrected chi connectivity index (χ0v) is 10.1. The number of halogens is 1. The lowest BCUT2D eigenvalue weighted by atomic mass is 10.2. The maximum absolute atomic E-state index is 13.9. The third-order valence-corrected chi connectivity index (χ3v) is 2.96. The van der Waals surface area contributed by atoms with Crippen LogP contribution in [0.5, 0.6) is 5.88 Å². The van der Waals surface area contributed by atoms with Gasteiger partial charge >= 0.3 is 5.97 Å². The fourth-order valence-electron chi connectivity index (χ4n) is 2.10. The maximum atomic E-state index is 13.9. The molecule has 2 aromatic heterocycles. The largest absolute Gasteiger partial charge is 0.494 e. The minimum atomic E-state index is -1.24. The van der Waals surface area contributed by atoms with Gasteiger partial charge < -0.3 is 10.2 Å². The number of carbonyl (C=O) groups is 1. The summed E-state index contributed by atoms with van der Waals surface area (Å²) in [5, 5.41) is 19.1. The Morgan fingerprint density at radius 3 is 2.60 bits per heavy atom. The number of carboxylic acid groups (broad SMARTS) is 1. The number of pyridine rings is 1. The van der Waals surface area contributed by atoms with Crippen molar-refractivity contribution in [2.45, 2.75) is 0 Å². The molecule has 3 rings (SSSR count). The van der Waals surface area contributed by atoms with Crippen LogP contribution in [-0.2, 0) is 0 Å². The van der Waals surface area contributed by atoms with Crippen LogP contribution in [-0.4, -0.2) is 25.6 Å². The number of hydrogen-bond donors (Lipinski definition) is 2. The monoisotopic (exact) mass is 272 g/mol. The van der Waals surface area contributed by atoms with Crippen LogP contribution in [0, 0.1) is 5.82 Å². The lowest BCUT2D eigenvalue weighted by Gasteiger charge is -2.04. The summed E-state index contributed by atoms with van der Waals surface area (Å²) in [6.45, 7) is 0. The fourth-order valence-corrected chi connectivity index (χ4v) is 2.10. The molecular weight excluding hydrogens is 263 g/mol. The molecule has 6 heteroatoms. The average molecular weight is 272 g/mol. The van der Waals surface area contributed by atoms with Crippen molar-refractivity contribution in [2.24, 2.45) is 0 Å². The summed E-state index contributed by atoms with van der Waals surface area (Å²) in [6, 6.07) is 10.2. The van der Waals surface area contributed by atoms with E-state index in [1.807, 2.05) is 0 Å². The van der Waals surface area contributed by atoms with Crippen LogP contribution in [0.4, 0.5) is 4.39 Å². The number of imidazole rings is 1. The molecule has 0 radical (unpaired) electrons. The Kier molecular flexibility index (Phi) is 2.64. The van der Waals surface area contributed by atoms with E-state index in [4.69, 9.17) is 5.11 Å². The van der Waals surface area contributed by atoms with E-state index in [1.165, 1.54) is 40.8 Å². The van der Waals surface area contributed by atoms with Gasteiger partial charge in [-0.3, -0.25) is 4.40 Å². The Morgan fingerprint density at radius 2 is 1.90 bits per heavy atom. The number of rotatable bonds is 2. The first kappa shape index (κ1) is 12.2. The highest BCUT2D eigenvalue weighted by molar-refractivity contribution is 5.95. The molecule has 3 aromatic rings. The third-order valence-electron chi connectivity index (χ3n) is 2.96. The number of hydrogen-bond acceptors (Lipinski definition) is 3.